The number of hydrogen-bond acceptors (Lipinski definition) is 4. The number of hydrogen-bond donors (Lipinski definition) is 2. The lowest BCUT2D eigenvalue weighted by atomic mass is 10.2. The number of carbonyl (C=O) groups excluding carboxylic acids is 1. The SMILES string of the molecule is Cc1c(C(=O)Nc2ccc(Nc3ccccc3)cc2)nnn1-c1cccc(Cl)c1. The molecule has 1 aromatic heterocycles. The first-order chi connectivity index (χ1) is 14.1. The van der Waals surface area contributed by atoms with Gasteiger partial charge < -0.3 is 10.6 Å². The van der Waals surface area contributed by atoms with Gasteiger partial charge in [0.1, 0.15) is 0 Å². The fraction of sp³-hybridized carbons (Fsp3) is 0.0455. The lowest BCUT2D eigenvalue weighted by molar-refractivity contribution is 0.102. The zero-order valence-corrected chi connectivity index (χ0v) is 16.4. The monoisotopic (exact) mass is 403 g/mol. The third-order valence-corrected chi connectivity index (χ3v) is 4.60. The molecule has 144 valence electrons. The van der Waals surface area contributed by atoms with E-state index in [2.05, 4.69) is 20.9 Å². The van der Waals surface area contributed by atoms with Crippen LogP contribution in [0.5, 0.6) is 0 Å². The molecule has 4 rings (SSSR count). The summed E-state index contributed by atoms with van der Waals surface area (Å²) in [5.41, 5.74) is 4.24. The third-order valence-electron chi connectivity index (χ3n) is 4.37. The van der Waals surface area contributed by atoms with Crippen LogP contribution in [-0.2, 0) is 0 Å². The van der Waals surface area contributed by atoms with Crippen LogP contribution >= 0.6 is 11.6 Å². The van der Waals surface area contributed by atoms with E-state index >= 15 is 0 Å². The maximum Gasteiger partial charge on any atom is 0.278 e. The van der Waals surface area contributed by atoms with E-state index in [9.17, 15) is 4.79 Å². The highest BCUT2D eigenvalue weighted by Gasteiger charge is 2.17. The van der Waals surface area contributed by atoms with E-state index in [4.69, 9.17) is 11.6 Å². The number of para-hydroxylation sites is 1. The molecule has 29 heavy (non-hydrogen) atoms. The zero-order valence-electron chi connectivity index (χ0n) is 15.6. The van der Waals surface area contributed by atoms with E-state index in [-0.39, 0.29) is 11.6 Å². The number of carbonyl (C=O) groups is 1. The van der Waals surface area contributed by atoms with E-state index in [0.717, 1.165) is 17.1 Å². The Hall–Kier alpha value is -3.64. The van der Waals surface area contributed by atoms with Gasteiger partial charge in [0.2, 0.25) is 0 Å². The predicted molar refractivity (Wildman–Crippen MR) is 115 cm³/mol. The van der Waals surface area contributed by atoms with Gasteiger partial charge in [0, 0.05) is 22.1 Å². The van der Waals surface area contributed by atoms with Crippen molar-refractivity contribution in [3.63, 3.8) is 0 Å². The second-order valence-corrected chi connectivity index (χ2v) is 6.87. The van der Waals surface area contributed by atoms with Gasteiger partial charge in [-0.05, 0) is 61.5 Å². The summed E-state index contributed by atoms with van der Waals surface area (Å²) in [6.07, 6.45) is 0. The molecule has 2 N–H and O–H groups in total. The zero-order chi connectivity index (χ0) is 20.2. The van der Waals surface area contributed by atoms with Crippen LogP contribution in [0.25, 0.3) is 5.69 Å². The number of nitrogens with zero attached hydrogens (tertiary/aromatic N) is 3. The normalized spacial score (nSPS) is 10.6. The van der Waals surface area contributed by atoms with Crippen LogP contribution < -0.4 is 10.6 Å². The topological polar surface area (TPSA) is 71.8 Å². The predicted octanol–water partition coefficient (Wildman–Crippen LogP) is 5.23. The first kappa shape index (κ1) is 18.7. The van der Waals surface area contributed by atoms with Crippen molar-refractivity contribution in [3.8, 4) is 5.69 Å². The summed E-state index contributed by atoms with van der Waals surface area (Å²) < 4.78 is 1.59. The second kappa shape index (κ2) is 8.16. The van der Waals surface area contributed by atoms with Crippen LogP contribution in [0.3, 0.4) is 0 Å². The second-order valence-electron chi connectivity index (χ2n) is 6.44. The molecule has 4 aromatic rings. The fourth-order valence-electron chi connectivity index (χ4n) is 2.91. The molecule has 7 heteroatoms. The van der Waals surface area contributed by atoms with Crippen LogP contribution in [0.1, 0.15) is 16.2 Å². The molecule has 0 radical (unpaired) electrons. The molecule has 0 fully saturated rings. The van der Waals surface area contributed by atoms with Crippen molar-refractivity contribution in [3.05, 3.63) is 95.3 Å². The van der Waals surface area contributed by atoms with Crippen LogP contribution in [0.2, 0.25) is 5.02 Å². The van der Waals surface area contributed by atoms with Crippen LogP contribution in [0, 0.1) is 6.92 Å². The van der Waals surface area contributed by atoms with Gasteiger partial charge in [0.15, 0.2) is 5.69 Å². The number of anilines is 3. The van der Waals surface area contributed by atoms with Gasteiger partial charge in [0.25, 0.3) is 5.91 Å². The fourth-order valence-corrected chi connectivity index (χ4v) is 3.09. The minimum Gasteiger partial charge on any atom is -0.356 e. The summed E-state index contributed by atoms with van der Waals surface area (Å²) in [5, 5.41) is 14.9. The van der Waals surface area contributed by atoms with Gasteiger partial charge in [-0.1, -0.05) is 41.1 Å². The van der Waals surface area contributed by atoms with E-state index in [1.807, 2.05) is 66.7 Å². The van der Waals surface area contributed by atoms with Crippen LogP contribution in [0.4, 0.5) is 17.1 Å². The Labute approximate surface area is 173 Å². The highest BCUT2D eigenvalue weighted by Crippen LogP contribution is 2.20. The highest BCUT2D eigenvalue weighted by atomic mass is 35.5. The highest BCUT2D eigenvalue weighted by molar-refractivity contribution is 6.30. The minimum absolute atomic E-state index is 0.261. The number of aromatic nitrogens is 3. The standard InChI is InChI=1S/C22H18ClN5O/c1-15-21(26-27-28(15)20-9-5-6-16(23)14-20)22(29)25-19-12-10-18(11-13-19)24-17-7-3-2-4-8-17/h2-14,24H,1H3,(H,25,29). The maximum atomic E-state index is 12.7. The Morgan fingerprint density at radius 1 is 0.897 bits per heavy atom. The minimum atomic E-state index is -0.320. The van der Waals surface area contributed by atoms with E-state index in [0.29, 0.717) is 16.4 Å². The maximum absolute atomic E-state index is 12.7. The van der Waals surface area contributed by atoms with Crippen molar-refractivity contribution in [1.29, 1.82) is 0 Å². The number of rotatable bonds is 5. The smallest absolute Gasteiger partial charge is 0.278 e. The van der Waals surface area contributed by atoms with Gasteiger partial charge in [0.05, 0.1) is 11.4 Å². The molecule has 0 saturated heterocycles. The number of benzene rings is 3. The molecule has 0 bridgehead atoms. The molecule has 1 amide bonds. The van der Waals surface area contributed by atoms with Gasteiger partial charge >= 0.3 is 0 Å². The van der Waals surface area contributed by atoms with Crippen molar-refractivity contribution < 1.29 is 4.79 Å². The van der Waals surface area contributed by atoms with E-state index < -0.39 is 0 Å². The Balaban J connectivity index is 1.47. The van der Waals surface area contributed by atoms with Crippen molar-refractivity contribution in [2.45, 2.75) is 6.92 Å². The summed E-state index contributed by atoms with van der Waals surface area (Å²) in [5.74, 6) is -0.320. The summed E-state index contributed by atoms with van der Waals surface area (Å²) in [7, 11) is 0. The molecule has 0 unspecified atom stereocenters. The Bertz CT molecular complexity index is 1140. The lowest BCUT2D eigenvalue weighted by Crippen LogP contribution is -2.14. The van der Waals surface area contributed by atoms with Crippen molar-refractivity contribution >= 4 is 34.6 Å². The summed E-state index contributed by atoms with van der Waals surface area (Å²) in [6, 6.07) is 24.6. The van der Waals surface area contributed by atoms with E-state index in [1.165, 1.54) is 0 Å². The summed E-state index contributed by atoms with van der Waals surface area (Å²) in [4.78, 5) is 12.7. The van der Waals surface area contributed by atoms with Gasteiger partial charge in [-0.15, -0.1) is 5.10 Å². The third kappa shape index (κ3) is 4.28. The number of amides is 1. The molecule has 0 aliphatic rings. The average molecular weight is 404 g/mol. The Morgan fingerprint density at radius 2 is 1.59 bits per heavy atom. The van der Waals surface area contributed by atoms with Crippen molar-refractivity contribution in [2.24, 2.45) is 0 Å². The van der Waals surface area contributed by atoms with Gasteiger partial charge in [-0.2, -0.15) is 0 Å². The molecule has 0 aliphatic carbocycles. The molecular formula is C22H18ClN5O. The largest absolute Gasteiger partial charge is 0.356 e. The first-order valence-corrected chi connectivity index (χ1v) is 9.40. The number of halogens is 1. The van der Waals surface area contributed by atoms with Crippen LogP contribution in [0.15, 0.2) is 78.9 Å². The summed E-state index contributed by atoms with van der Waals surface area (Å²) in [6.45, 7) is 1.79. The number of nitrogens with one attached hydrogen (secondary N) is 2. The molecule has 0 atom stereocenters. The van der Waals surface area contributed by atoms with Crippen molar-refractivity contribution in [1.82, 2.24) is 15.0 Å². The molecule has 3 aromatic carbocycles. The Morgan fingerprint density at radius 3 is 2.31 bits per heavy atom. The van der Waals surface area contributed by atoms with E-state index in [1.54, 1.807) is 23.7 Å². The first-order valence-electron chi connectivity index (χ1n) is 9.02. The molecule has 0 spiro atoms. The van der Waals surface area contributed by atoms with Crippen LogP contribution in [-0.4, -0.2) is 20.9 Å². The molecule has 0 saturated carbocycles. The van der Waals surface area contributed by atoms with Gasteiger partial charge in [-0.3, -0.25) is 4.79 Å². The molecular weight excluding hydrogens is 386 g/mol. The Kier molecular flexibility index (Phi) is 5.27. The molecule has 1 heterocycles. The average Bonchev–Trinajstić information content (AvgIpc) is 3.12. The summed E-state index contributed by atoms with van der Waals surface area (Å²) >= 11 is 6.04. The van der Waals surface area contributed by atoms with Gasteiger partial charge in [-0.25, -0.2) is 4.68 Å². The molecule has 6 nitrogen and oxygen atoms in total. The van der Waals surface area contributed by atoms with Crippen molar-refractivity contribution in [2.75, 3.05) is 10.6 Å². The quantitative estimate of drug-likeness (QED) is 0.479. The molecule has 0 aliphatic heterocycles. The lowest BCUT2D eigenvalue weighted by Gasteiger charge is -2.08.